The van der Waals surface area contributed by atoms with E-state index < -0.39 is 10.0 Å². The molecule has 2 aromatic rings. The zero-order valence-corrected chi connectivity index (χ0v) is 12.4. The third-order valence-electron chi connectivity index (χ3n) is 2.69. The molecule has 5 N–H and O–H groups in total. The molecule has 10 heteroatoms. The molecule has 0 amide bonds. The first-order valence-electron chi connectivity index (χ1n) is 5.65. The minimum Gasteiger partial charge on any atom is -0.409 e. The molecule has 0 aliphatic rings. The van der Waals surface area contributed by atoms with E-state index in [2.05, 4.69) is 20.1 Å². The van der Waals surface area contributed by atoms with Crippen molar-refractivity contribution in [3.8, 4) is 0 Å². The van der Waals surface area contributed by atoms with Crippen LogP contribution in [0, 0.1) is 6.92 Å². The summed E-state index contributed by atoms with van der Waals surface area (Å²) in [7, 11) is -3.80. The molecule has 0 aliphatic carbocycles. The van der Waals surface area contributed by atoms with Crippen LogP contribution in [0.25, 0.3) is 0 Å². The van der Waals surface area contributed by atoms with Crippen LogP contribution in [-0.2, 0) is 10.0 Å². The summed E-state index contributed by atoms with van der Waals surface area (Å²) in [6, 6.07) is 4.28. The fourth-order valence-electron chi connectivity index (χ4n) is 1.63. The van der Waals surface area contributed by atoms with Gasteiger partial charge in [-0.15, -0.1) is 0 Å². The molecule has 0 atom stereocenters. The number of H-pyrrole nitrogens is 1. The lowest BCUT2D eigenvalue weighted by atomic mass is 10.2. The first-order chi connectivity index (χ1) is 9.85. The maximum absolute atomic E-state index is 12.2. The summed E-state index contributed by atoms with van der Waals surface area (Å²) in [4.78, 5) is 0.0269. The molecule has 0 spiro atoms. The van der Waals surface area contributed by atoms with Gasteiger partial charge in [-0.25, -0.2) is 8.42 Å². The molecular weight excluding hydrogens is 318 g/mol. The van der Waals surface area contributed by atoms with Gasteiger partial charge in [0.05, 0.1) is 22.6 Å². The molecular formula is C11H12ClN5O3S. The maximum Gasteiger partial charge on any atom is 0.265 e. The van der Waals surface area contributed by atoms with Crippen LogP contribution in [0.5, 0.6) is 0 Å². The first kappa shape index (κ1) is 15.1. The number of aromatic amines is 1. The molecule has 0 saturated heterocycles. The number of sulfonamides is 1. The van der Waals surface area contributed by atoms with Crippen LogP contribution >= 0.6 is 11.6 Å². The van der Waals surface area contributed by atoms with E-state index in [-0.39, 0.29) is 21.4 Å². The standard InChI is InChI=1S/C11H12ClN5O3S/c1-6-10(5-14-15-6)21(19,20)17-9-3-2-7(4-8(9)12)11(13)16-18/h2-5,17-18H,1H3,(H2,13,16)(H,14,15). The van der Waals surface area contributed by atoms with Gasteiger partial charge < -0.3 is 10.9 Å². The first-order valence-corrected chi connectivity index (χ1v) is 7.51. The summed E-state index contributed by atoms with van der Waals surface area (Å²) in [5.41, 5.74) is 6.38. The molecule has 0 aliphatic heterocycles. The summed E-state index contributed by atoms with van der Waals surface area (Å²) >= 11 is 6.00. The van der Waals surface area contributed by atoms with Gasteiger partial charge in [0.1, 0.15) is 4.90 Å². The van der Waals surface area contributed by atoms with Gasteiger partial charge in [-0.05, 0) is 25.1 Å². The highest BCUT2D eigenvalue weighted by Gasteiger charge is 2.20. The Hall–Kier alpha value is -2.26. The molecule has 21 heavy (non-hydrogen) atoms. The summed E-state index contributed by atoms with van der Waals surface area (Å²) < 4.78 is 26.7. The van der Waals surface area contributed by atoms with Crippen LogP contribution in [0.3, 0.4) is 0 Å². The topological polar surface area (TPSA) is 133 Å². The lowest BCUT2D eigenvalue weighted by molar-refractivity contribution is 0.318. The molecule has 0 bridgehead atoms. The van der Waals surface area contributed by atoms with Crippen LogP contribution in [-0.4, -0.2) is 29.7 Å². The maximum atomic E-state index is 12.2. The number of rotatable bonds is 4. The second-order valence-electron chi connectivity index (χ2n) is 4.14. The number of nitrogens with one attached hydrogen (secondary N) is 2. The van der Waals surface area contributed by atoms with Crippen molar-refractivity contribution >= 4 is 33.1 Å². The highest BCUT2D eigenvalue weighted by Crippen LogP contribution is 2.26. The summed E-state index contributed by atoms with van der Waals surface area (Å²) in [6.07, 6.45) is 1.20. The lowest BCUT2D eigenvalue weighted by Crippen LogP contribution is -2.15. The average Bonchev–Trinajstić information content (AvgIpc) is 2.87. The largest absolute Gasteiger partial charge is 0.409 e. The predicted octanol–water partition coefficient (Wildman–Crippen LogP) is 1.27. The number of hydrogen-bond donors (Lipinski definition) is 4. The number of aryl methyl sites for hydroxylation is 1. The minimum atomic E-state index is -3.80. The summed E-state index contributed by atoms with van der Waals surface area (Å²) in [5, 5.41) is 17.8. The van der Waals surface area contributed by atoms with Gasteiger partial charge in [0.15, 0.2) is 5.84 Å². The number of amidine groups is 1. The van der Waals surface area contributed by atoms with Crippen LogP contribution in [0.1, 0.15) is 11.3 Å². The Balaban J connectivity index is 2.35. The fourth-order valence-corrected chi connectivity index (χ4v) is 3.13. The van der Waals surface area contributed by atoms with Gasteiger partial charge in [0.25, 0.3) is 10.0 Å². The summed E-state index contributed by atoms with van der Waals surface area (Å²) in [6.45, 7) is 1.59. The second kappa shape index (κ2) is 5.62. The van der Waals surface area contributed by atoms with Crippen LogP contribution in [0.4, 0.5) is 5.69 Å². The average molecular weight is 330 g/mol. The zero-order valence-electron chi connectivity index (χ0n) is 10.8. The van der Waals surface area contributed by atoms with Crippen LogP contribution in [0.2, 0.25) is 5.02 Å². The normalized spacial score (nSPS) is 12.4. The quantitative estimate of drug-likeness (QED) is 0.290. The number of nitrogens with zero attached hydrogens (tertiary/aromatic N) is 2. The second-order valence-corrected chi connectivity index (χ2v) is 6.20. The Bertz CT molecular complexity index is 800. The van der Waals surface area contributed by atoms with Gasteiger partial charge in [-0.3, -0.25) is 9.82 Å². The monoisotopic (exact) mass is 329 g/mol. The van der Waals surface area contributed by atoms with E-state index in [0.29, 0.717) is 11.3 Å². The van der Waals surface area contributed by atoms with Crippen LogP contribution < -0.4 is 10.5 Å². The third kappa shape index (κ3) is 3.09. The summed E-state index contributed by atoms with van der Waals surface area (Å²) in [5.74, 6) is -0.128. The van der Waals surface area contributed by atoms with Crippen LogP contribution in [0.15, 0.2) is 34.4 Å². The van der Waals surface area contributed by atoms with E-state index >= 15 is 0 Å². The molecule has 1 aromatic carbocycles. The Morgan fingerprint density at radius 1 is 1.52 bits per heavy atom. The van der Waals surface area contributed by atoms with E-state index in [4.69, 9.17) is 22.5 Å². The van der Waals surface area contributed by atoms with Gasteiger partial charge >= 0.3 is 0 Å². The van der Waals surface area contributed by atoms with Crippen molar-refractivity contribution in [1.29, 1.82) is 0 Å². The zero-order chi connectivity index (χ0) is 15.6. The van der Waals surface area contributed by atoms with E-state index in [1.54, 1.807) is 6.92 Å². The fraction of sp³-hybridized carbons (Fsp3) is 0.0909. The number of benzene rings is 1. The van der Waals surface area contributed by atoms with Gasteiger partial charge in [0.2, 0.25) is 0 Å². The number of anilines is 1. The smallest absolute Gasteiger partial charge is 0.265 e. The van der Waals surface area contributed by atoms with Crippen molar-refractivity contribution in [1.82, 2.24) is 10.2 Å². The Kier molecular flexibility index (Phi) is 4.05. The Morgan fingerprint density at radius 3 is 2.76 bits per heavy atom. The molecule has 8 nitrogen and oxygen atoms in total. The highest BCUT2D eigenvalue weighted by molar-refractivity contribution is 7.92. The van der Waals surface area contributed by atoms with Gasteiger partial charge in [-0.1, -0.05) is 16.8 Å². The molecule has 112 valence electrons. The number of oxime groups is 1. The molecule has 2 rings (SSSR count). The lowest BCUT2D eigenvalue weighted by Gasteiger charge is -2.10. The van der Waals surface area contributed by atoms with E-state index in [1.807, 2.05) is 0 Å². The SMILES string of the molecule is Cc1[nH]ncc1S(=O)(=O)Nc1ccc(/C(N)=N/O)cc1Cl. The van der Waals surface area contributed by atoms with Crippen molar-refractivity contribution in [2.45, 2.75) is 11.8 Å². The van der Waals surface area contributed by atoms with Crippen molar-refractivity contribution < 1.29 is 13.6 Å². The molecule has 0 unspecified atom stereocenters. The van der Waals surface area contributed by atoms with E-state index in [1.165, 1.54) is 24.4 Å². The number of aromatic nitrogens is 2. The number of halogens is 1. The Morgan fingerprint density at radius 2 is 2.24 bits per heavy atom. The highest BCUT2D eigenvalue weighted by atomic mass is 35.5. The van der Waals surface area contributed by atoms with Gasteiger partial charge in [-0.2, -0.15) is 5.10 Å². The van der Waals surface area contributed by atoms with E-state index in [9.17, 15) is 8.42 Å². The molecule has 1 heterocycles. The number of hydrogen-bond acceptors (Lipinski definition) is 5. The molecule has 0 saturated carbocycles. The molecule has 0 radical (unpaired) electrons. The minimum absolute atomic E-state index is 0.0269. The van der Waals surface area contributed by atoms with Crippen molar-refractivity contribution in [3.05, 3.63) is 40.7 Å². The van der Waals surface area contributed by atoms with E-state index in [0.717, 1.165) is 0 Å². The third-order valence-corrected chi connectivity index (χ3v) is 4.48. The molecule has 0 fully saturated rings. The van der Waals surface area contributed by atoms with Gasteiger partial charge in [0, 0.05) is 5.56 Å². The van der Waals surface area contributed by atoms with Crippen molar-refractivity contribution in [2.75, 3.05) is 4.72 Å². The van der Waals surface area contributed by atoms with Crippen molar-refractivity contribution in [3.63, 3.8) is 0 Å². The van der Waals surface area contributed by atoms with Crippen molar-refractivity contribution in [2.24, 2.45) is 10.9 Å². The number of nitrogens with two attached hydrogens (primary N) is 1. The Labute approximate surface area is 125 Å². The molecule has 1 aromatic heterocycles. The predicted molar refractivity (Wildman–Crippen MR) is 78.1 cm³/mol.